The molecular formula is C9H6Cl2IN3. The highest BCUT2D eigenvalue weighted by atomic mass is 127. The van der Waals surface area contributed by atoms with Gasteiger partial charge < -0.3 is 5.73 Å². The second-order valence-corrected chi connectivity index (χ2v) is 4.47. The number of amidine groups is 1. The number of nitrogens with zero attached hydrogens (tertiary/aromatic N) is 2. The highest BCUT2D eigenvalue weighted by Crippen LogP contribution is 2.31. The van der Waals surface area contributed by atoms with Crippen molar-refractivity contribution in [2.75, 3.05) is 5.88 Å². The van der Waals surface area contributed by atoms with Gasteiger partial charge in [0.05, 0.1) is 28.2 Å². The normalized spacial score (nSPS) is 11.2. The van der Waals surface area contributed by atoms with E-state index in [1.807, 2.05) is 28.7 Å². The second kappa shape index (κ2) is 5.54. The van der Waals surface area contributed by atoms with Crippen LogP contribution in [0.15, 0.2) is 17.1 Å². The quantitative estimate of drug-likeness (QED) is 0.384. The first-order valence-electron chi connectivity index (χ1n) is 3.86. The van der Waals surface area contributed by atoms with Crippen molar-refractivity contribution in [3.8, 4) is 6.07 Å². The molecule has 0 saturated carbocycles. The van der Waals surface area contributed by atoms with E-state index in [1.54, 1.807) is 12.1 Å². The van der Waals surface area contributed by atoms with Gasteiger partial charge in [-0.05, 0) is 34.7 Å². The largest absolute Gasteiger partial charge is 0.386 e. The SMILES string of the molecule is N#Cc1cc(Cl)c(N=C(N)CCl)c(I)c1. The molecule has 0 heterocycles. The topological polar surface area (TPSA) is 62.2 Å². The van der Waals surface area contributed by atoms with Crippen LogP contribution in [0.2, 0.25) is 5.02 Å². The van der Waals surface area contributed by atoms with E-state index < -0.39 is 0 Å². The van der Waals surface area contributed by atoms with Gasteiger partial charge in [-0.25, -0.2) is 4.99 Å². The number of halogens is 3. The Morgan fingerprint density at radius 3 is 2.73 bits per heavy atom. The van der Waals surface area contributed by atoms with Crippen LogP contribution >= 0.6 is 45.8 Å². The Bertz CT molecular complexity index is 428. The number of nitrogens with two attached hydrogens (primary N) is 1. The fourth-order valence-corrected chi connectivity index (χ4v) is 2.14. The standard InChI is InChI=1S/C9H6Cl2IN3/c10-3-8(14)15-9-6(11)1-5(4-13)2-7(9)12/h1-2H,3H2,(H2,14,15). The summed E-state index contributed by atoms with van der Waals surface area (Å²) in [5, 5.41) is 9.11. The molecule has 0 saturated heterocycles. The van der Waals surface area contributed by atoms with Crippen LogP contribution in [0.3, 0.4) is 0 Å². The second-order valence-electron chi connectivity index (χ2n) is 2.64. The van der Waals surface area contributed by atoms with E-state index in [0.717, 1.165) is 3.57 Å². The van der Waals surface area contributed by atoms with Crippen molar-refractivity contribution in [3.63, 3.8) is 0 Å². The van der Waals surface area contributed by atoms with Crippen LogP contribution in [0.4, 0.5) is 5.69 Å². The number of aliphatic imine (C=N–C) groups is 1. The fraction of sp³-hybridized carbons (Fsp3) is 0.111. The van der Waals surface area contributed by atoms with Crippen LogP contribution in [0.25, 0.3) is 0 Å². The van der Waals surface area contributed by atoms with Crippen molar-refractivity contribution >= 4 is 57.3 Å². The van der Waals surface area contributed by atoms with Gasteiger partial charge in [0.1, 0.15) is 5.84 Å². The fourth-order valence-electron chi connectivity index (χ4n) is 0.910. The number of hydrogen-bond acceptors (Lipinski definition) is 2. The lowest BCUT2D eigenvalue weighted by atomic mass is 10.2. The van der Waals surface area contributed by atoms with Gasteiger partial charge in [-0.2, -0.15) is 5.26 Å². The maximum atomic E-state index is 8.71. The Hall–Kier alpha value is -0.510. The third-order valence-corrected chi connectivity index (χ3v) is 2.92. The molecule has 0 fully saturated rings. The van der Waals surface area contributed by atoms with Gasteiger partial charge in [0, 0.05) is 3.57 Å². The van der Waals surface area contributed by atoms with Crippen LogP contribution in [0.1, 0.15) is 5.56 Å². The van der Waals surface area contributed by atoms with E-state index >= 15 is 0 Å². The van der Waals surface area contributed by atoms with E-state index in [2.05, 4.69) is 4.99 Å². The highest BCUT2D eigenvalue weighted by Gasteiger charge is 2.07. The molecule has 0 aliphatic rings. The highest BCUT2D eigenvalue weighted by molar-refractivity contribution is 14.1. The molecule has 6 heteroatoms. The number of hydrogen-bond donors (Lipinski definition) is 1. The van der Waals surface area contributed by atoms with Gasteiger partial charge in [0.15, 0.2) is 0 Å². The molecule has 0 bridgehead atoms. The molecule has 0 atom stereocenters. The van der Waals surface area contributed by atoms with Gasteiger partial charge in [0.2, 0.25) is 0 Å². The molecule has 0 unspecified atom stereocenters. The predicted octanol–water partition coefficient (Wildman–Crippen LogP) is 3.04. The van der Waals surface area contributed by atoms with Crippen molar-refractivity contribution in [1.82, 2.24) is 0 Å². The number of nitriles is 1. The van der Waals surface area contributed by atoms with Gasteiger partial charge in [-0.1, -0.05) is 11.6 Å². The number of benzene rings is 1. The van der Waals surface area contributed by atoms with Crippen molar-refractivity contribution in [3.05, 3.63) is 26.3 Å². The lowest BCUT2D eigenvalue weighted by molar-refractivity contribution is 1.41. The van der Waals surface area contributed by atoms with Crippen LogP contribution in [0.5, 0.6) is 0 Å². The molecule has 0 aliphatic carbocycles. The number of alkyl halides is 1. The van der Waals surface area contributed by atoms with Crippen LogP contribution in [0, 0.1) is 14.9 Å². The zero-order chi connectivity index (χ0) is 11.4. The summed E-state index contributed by atoms with van der Waals surface area (Å²) in [7, 11) is 0. The van der Waals surface area contributed by atoms with E-state index in [-0.39, 0.29) is 5.88 Å². The minimum atomic E-state index is 0.145. The average molecular weight is 354 g/mol. The van der Waals surface area contributed by atoms with Crippen molar-refractivity contribution in [2.24, 2.45) is 10.7 Å². The summed E-state index contributed by atoms with van der Waals surface area (Å²) in [6.07, 6.45) is 0. The minimum absolute atomic E-state index is 0.145. The Morgan fingerprint density at radius 1 is 1.60 bits per heavy atom. The van der Waals surface area contributed by atoms with Crippen LogP contribution in [-0.2, 0) is 0 Å². The third-order valence-electron chi connectivity index (χ3n) is 1.54. The van der Waals surface area contributed by atoms with Gasteiger partial charge in [-0.15, -0.1) is 11.6 Å². The molecule has 0 spiro atoms. The first kappa shape index (κ1) is 12.6. The predicted molar refractivity (Wildman–Crippen MR) is 70.9 cm³/mol. The van der Waals surface area contributed by atoms with Crippen molar-refractivity contribution in [2.45, 2.75) is 0 Å². The Labute approximate surface area is 111 Å². The molecule has 78 valence electrons. The smallest absolute Gasteiger partial charge is 0.115 e. The molecule has 0 aliphatic heterocycles. The molecule has 15 heavy (non-hydrogen) atoms. The summed E-state index contributed by atoms with van der Waals surface area (Å²) in [4.78, 5) is 4.07. The summed E-state index contributed by atoms with van der Waals surface area (Å²) in [6.45, 7) is 0. The molecule has 0 radical (unpaired) electrons. The lowest BCUT2D eigenvalue weighted by Crippen LogP contribution is -2.12. The molecule has 1 aromatic carbocycles. The van der Waals surface area contributed by atoms with Gasteiger partial charge >= 0.3 is 0 Å². The van der Waals surface area contributed by atoms with Gasteiger partial charge in [-0.3, -0.25) is 0 Å². The van der Waals surface area contributed by atoms with E-state index in [1.165, 1.54) is 0 Å². The summed E-state index contributed by atoms with van der Waals surface area (Å²) >= 11 is 13.5. The summed E-state index contributed by atoms with van der Waals surface area (Å²) in [5.74, 6) is 0.438. The maximum Gasteiger partial charge on any atom is 0.115 e. The first-order valence-corrected chi connectivity index (χ1v) is 5.85. The van der Waals surface area contributed by atoms with Crippen LogP contribution < -0.4 is 5.73 Å². The molecule has 0 amide bonds. The zero-order valence-corrected chi connectivity index (χ0v) is 11.1. The van der Waals surface area contributed by atoms with E-state index in [9.17, 15) is 0 Å². The van der Waals surface area contributed by atoms with Crippen LogP contribution in [-0.4, -0.2) is 11.7 Å². The van der Waals surface area contributed by atoms with Crippen molar-refractivity contribution in [1.29, 1.82) is 5.26 Å². The average Bonchev–Trinajstić information content (AvgIpc) is 2.22. The Kier molecular flexibility index (Phi) is 4.64. The molecule has 2 N–H and O–H groups in total. The van der Waals surface area contributed by atoms with E-state index in [0.29, 0.717) is 22.1 Å². The van der Waals surface area contributed by atoms with E-state index in [4.69, 9.17) is 34.2 Å². The third kappa shape index (κ3) is 3.23. The minimum Gasteiger partial charge on any atom is -0.386 e. The molecule has 3 nitrogen and oxygen atoms in total. The zero-order valence-electron chi connectivity index (χ0n) is 7.47. The molecule has 1 aromatic rings. The molecular weight excluding hydrogens is 348 g/mol. The first-order chi connectivity index (χ1) is 7.08. The lowest BCUT2D eigenvalue weighted by Gasteiger charge is -2.03. The molecule has 1 rings (SSSR count). The Morgan fingerprint density at radius 2 is 2.27 bits per heavy atom. The van der Waals surface area contributed by atoms with Crippen molar-refractivity contribution < 1.29 is 0 Å². The number of rotatable bonds is 2. The monoisotopic (exact) mass is 353 g/mol. The summed E-state index contributed by atoms with van der Waals surface area (Å²) in [6, 6.07) is 5.24. The summed E-state index contributed by atoms with van der Waals surface area (Å²) in [5.41, 5.74) is 6.55. The Balaban J connectivity index is 3.27. The maximum absolute atomic E-state index is 8.71. The summed E-state index contributed by atoms with van der Waals surface area (Å²) < 4.78 is 0.768. The molecule has 0 aromatic heterocycles. The van der Waals surface area contributed by atoms with Gasteiger partial charge in [0.25, 0.3) is 0 Å².